The lowest BCUT2D eigenvalue weighted by molar-refractivity contribution is -0.137. The van der Waals surface area contributed by atoms with Crippen molar-refractivity contribution in [2.45, 2.75) is 6.42 Å². The second-order valence-corrected chi connectivity index (χ2v) is 3.39. The lowest BCUT2D eigenvalue weighted by Gasteiger charge is -2.06. The Bertz CT molecular complexity index is 419. The first-order valence-corrected chi connectivity index (χ1v) is 4.83. The van der Waals surface area contributed by atoms with Crippen LogP contribution in [0, 0.1) is 0 Å². The van der Waals surface area contributed by atoms with E-state index in [1.165, 1.54) is 6.07 Å². The molecule has 0 spiro atoms. The molecule has 6 heteroatoms. The van der Waals surface area contributed by atoms with Gasteiger partial charge in [-0.25, -0.2) is 4.79 Å². The van der Waals surface area contributed by atoms with Crippen molar-refractivity contribution in [1.82, 2.24) is 0 Å². The molecule has 0 bridgehead atoms. The third-order valence-corrected chi connectivity index (χ3v) is 2.15. The van der Waals surface area contributed by atoms with Crippen LogP contribution in [-0.4, -0.2) is 23.7 Å². The zero-order chi connectivity index (χ0) is 12.1. The standard InChI is InChI=1S/C10H10ClNO4/c11-7-3-1-2-6(9(7)12)10(15)16-5-4-8(13)14/h1-3H,4-5,12H2,(H,13,14). The monoisotopic (exact) mass is 243 g/mol. The zero-order valence-corrected chi connectivity index (χ0v) is 9.03. The highest BCUT2D eigenvalue weighted by Crippen LogP contribution is 2.22. The quantitative estimate of drug-likeness (QED) is 0.619. The van der Waals surface area contributed by atoms with Crippen LogP contribution < -0.4 is 5.73 Å². The molecule has 0 atom stereocenters. The Kier molecular flexibility index (Phi) is 4.13. The van der Waals surface area contributed by atoms with E-state index in [2.05, 4.69) is 0 Å². The fourth-order valence-corrected chi connectivity index (χ4v) is 1.20. The van der Waals surface area contributed by atoms with Gasteiger partial charge in [0.05, 0.1) is 22.7 Å². The number of rotatable bonds is 4. The van der Waals surface area contributed by atoms with Crippen molar-refractivity contribution >= 4 is 29.2 Å². The van der Waals surface area contributed by atoms with Crippen LogP contribution >= 0.6 is 11.6 Å². The van der Waals surface area contributed by atoms with Crippen molar-refractivity contribution < 1.29 is 19.4 Å². The fraction of sp³-hybridized carbons (Fsp3) is 0.200. The average molecular weight is 244 g/mol. The highest BCUT2D eigenvalue weighted by Gasteiger charge is 2.13. The third-order valence-electron chi connectivity index (χ3n) is 1.82. The van der Waals surface area contributed by atoms with Gasteiger partial charge < -0.3 is 15.6 Å². The summed E-state index contributed by atoms with van der Waals surface area (Å²) in [6.07, 6.45) is -0.244. The summed E-state index contributed by atoms with van der Waals surface area (Å²) >= 11 is 5.72. The molecule has 0 aliphatic carbocycles. The van der Waals surface area contributed by atoms with Gasteiger partial charge in [0.25, 0.3) is 0 Å². The Labute approximate surface area is 96.8 Å². The molecular formula is C10H10ClNO4. The van der Waals surface area contributed by atoms with Crippen LogP contribution in [0.4, 0.5) is 5.69 Å². The molecule has 5 nitrogen and oxygen atoms in total. The largest absolute Gasteiger partial charge is 0.481 e. The van der Waals surface area contributed by atoms with Crippen LogP contribution in [0.15, 0.2) is 18.2 Å². The number of benzene rings is 1. The number of nitrogens with two attached hydrogens (primary N) is 1. The van der Waals surface area contributed by atoms with E-state index < -0.39 is 11.9 Å². The summed E-state index contributed by atoms with van der Waals surface area (Å²) in [5.41, 5.74) is 5.83. The maximum atomic E-state index is 11.4. The maximum absolute atomic E-state index is 11.4. The molecule has 1 aromatic carbocycles. The first kappa shape index (κ1) is 12.3. The minimum absolute atomic E-state index is 0.129. The number of para-hydroxylation sites is 1. The van der Waals surface area contributed by atoms with E-state index in [1.807, 2.05) is 0 Å². The van der Waals surface area contributed by atoms with Gasteiger partial charge in [0.2, 0.25) is 0 Å². The van der Waals surface area contributed by atoms with Crippen LogP contribution in [0.25, 0.3) is 0 Å². The van der Waals surface area contributed by atoms with E-state index in [0.29, 0.717) is 0 Å². The highest BCUT2D eigenvalue weighted by atomic mass is 35.5. The predicted molar refractivity (Wildman–Crippen MR) is 58.4 cm³/mol. The third kappa shape index (κ3) is 3.13. The Morgan fingerprint density at radius 1 is 1.44 bits per heavy atom. The molecular weight excluding hydrogens is 234 g/mol. The van der Waals surface area contributed by atoms with Gasteiger partial charge in [-0.15, -0.1) is 0 Å². The minimum Gasteiger partial charge on any atom is -0.481 e. The van der Waals surface area contributed by atoms with Crippen molar-refractivity contribution in [3.63, 3.8) is 0 Å². The van der Waals surface area contributed by atoms with Crippen LogP contribution in [0.2, 0.25) is 5.02 Å². The molecule has 1 aromatic rings. The number of halogens is 1. The number of hydrogen-bond donors (Lipinski definition) is 2. The van der Waals surface area contributed by atoms with Gasteiger partial charge in [0.15, 0.2) is 0 Å². The number of nitrogen functional groups attached to an aromatic ring is 1. The average Bonchev–Trinajstić information content (AvgIpc) is 2.21. The van der Waals surface area contributed by atoms with Gasteiger partial charge in [0, 0.05) is 0 Å². The number of esters is 1. The van der Waals surface area contributed by atoms with Crippen molar-refractivity contribution in [1.29, 1.82) is 0 Å². The maximum Gasteiger partial charge on any atom is 0.340 e. The van der Waals surface area contributed by atoms with Gasteiger partial charge in [-0.3, -0.25) is 4.79 Å². The van der Waals surface area contributed by atoms with E-state index in [4.69, 9.17) is 27.2 Å². The molecule has 86 valence electrons. The SMILES string of the molecule is Nc1c(Cl)cccc1C(=O)OCCC(=O)O. The van der Waals surface area contributed by atoms with Crippen molar-refractivity contribution in [3.8, 4) is 0 Å². The first-order valence-electron chi connectivity index (χ1n) is 4.45. The van der Waals surface area contributed by atoms with Crippen molar-refractivity contribution in [2.75, 3.05) is 12.3 Å². The summed E-state index contributed by atoms with van der Waals surface area (Å²) in [7, 11) is 0. The molecule has 16 heavy (non-hydrogen) atoms. The molecule has 0 amide bonds. The van der Waals surface area contributed by atoms with E-state index in [0.717, 1.165) is 0 Å². The van der Waals surface area contributed by atoms with E-state index >= 15 is 0 Å². The summed E-state index contributed by atoms with van der Waals surface area (Å²) in [6, 6.07) is 4.57. The number of aliphatic carboxylic acids is 1. The number of carboxylic acid groups (broad SMARTS) is 1. The highest BCUT2D eigenvalue weighted by molar-refractivity contribution is 6.33. The molecule has 0 aliphatic heterocycles. The number of carbonyl (C=O) groups excluding carboxylic acids is 1. The Balaban J connectivity index is 2.66. The molecule has 0 aromatic heterocycles. The van der Waals surface area contributed by atoms with Crippen LogP contribution in [-0.2, 0) is 9.53 Å². The molecule has 0 unspecified atom stereocenters. The van der Waals surface area contributed by atoms with Crippen LogP contribution in [0.1, 0.15) is 16.8 Å². The summed E-state index contributed by atoms with van der Waals surface area (Å²) in [5.74, 6) is -1.71. The van der Waals surface area contributed by atoms with Crippen molar-refractivity contribution in [3.05, 3.63) is 28.8 Å². The Morgan fingerprint density at radius 3 is 2.75 bits per heavy atom. The molecule has 0 aliphatic rings. The van der Waals surface area contributed by atoms with Crippen molar-refractivity contribution in [2.24, 2.45) is 0 Å². The van der Waals surface area contributed by atoms with Gasteiger partial charge in [-0.2, -0.15) is 0 Å². The summed E-state index contributed by atoms with van der Waals surface area (Å²) in [5, 5.41) is 8.62. The number of carboxylic acids is 1. The van der Waals surface area contributed by atoms with E-state index in [1.54, 1.807) is 12.1 Å². The lowest BCUT2D eigenvalue weighted by atomic mass is 10.2. The summed E-state index contributed by atoms with van der Waals surface area (Å²) < 4.78 is 4.72. The number of ether oxygens (including phenoxy) is 1. The molecule has 1 rings (SSSR count). The van der Waals surface area contributed by atoms with E-state index in [-0.39, 0.29) is 29.3 Å². The van der Waals surface area contributed by atoms with Crippen LogP contribution in [0.3, 0.4) is 0 Å². The predicted octanol–water partition coefficient (Wildman–Crippen LogP) is 1.55. The molecule has 0 heterocycles. The normalized spacial score (nSPS) is 9.81. The molecule has 0 radical (unpaired) electrons. The number of anilines is 1. The Hall–Kier alpha value is -1.75. The number of hydrogen-bond acceptors (Lipinski definition) is 4. The molecule has 0 saturated heterocycles. The molecule has 0 fully saturated rings. The second-order valence-electron chi connectivity index (χ2n) is 2.98. The van der Waals surface area contributed by atoms with Gasteiger partial charge in [0.1, 0.15) is 6.61 Å². The van der Waals surface area contributed by atoms with E-state index in [9.17, 15) is 9.59 Å². The minimum atomic E-state index is -1.04. The topological polar surface area (TPSA) is 89.6 Å². The van der Waals surface area contributed by atoms with Gasteiger partial charge in [-0.1, -0.05) is 17.7 Å². The summed E-state index contributed by atoms with van der Waals surface area (Å²) in [4.78, 5) is 21.6. The van der Waals surface area contributed by atoms with Gasteiger partial charge >= 0.3 is 11.9 Å². The summed E-state index contributed by atoms with van der Waals surface area (Å²) in [6.45, 7) is -0.194. The first-order chi connectivity index (χ1) is 7.52. The zero-order valence-electron chi connectivity index (χ0n) is 8.27. The molecule has 0 saturated carbocycles. The lowest BCUT2D eigenvalue weighted by Crippen LogP contribution is -2.11. The molecule has 3 N–H and O–H groups in total. The smallest absolute Gasteiger partial charge is 0.340 e. The van der Waals surface area contributed by atoms with Crippen LogP contribution in [0.5, 0.6) is 0 Å². The fourth-order valence-electron chi connectivity index (χ4n) is 1.02. The Morgan fingerprint density at radius 2 is 2.12 bits per heavy atom. The second kappa shape index (κ2) is 5.37. The van der Waals surface area contributed by atoms with Gasteiger partial charge in [-0.05, 0) is 12.1 Å². The number of carbonyl (C=O) groups is 2.